The van der Waals surface area contributed by atoms with Gasteiger partial charge in [0.25, 0.3) is 0 Å². The predicted molar refractivity (Wildman–Crippen MR) is 79.8 cm³/mol. The molecule has 2 nitrogen and oxygen atoms in total. The summed E-state index contributed by atoms with van der Waals surface area (Å²) in [5.41, 5.74) is 0.732. The van der Waals surface area contributed by atoms with Crippen LogP contribution in [-0.4, -0.2) is 12.4 Å². The lowest BCUT2D eigenvalue weighted by atomic mass is 10.1. The first-order valence-electron chi connectivity index (χ1n) is 7.13. The van der Waals surface area contributed by atoms with Crippen molar-refractivity contribution >= 4 is 5.78 Å². The molecular formula is C17H24O2. The third kappa shape index (κ3) is 6.80. The molecule has 104 valence electrons. The fraction of sp³-hybridized carbons (Fsp3) is 0.471. The van der Waals surface area contributed by atoms with E-state index in [9.17, 15) is 4.79 Å². The van der Waals surface area contributed by atoms with Crippen molar-refractivity contribution in [3.8, 4) is 5.75 Å². The molecule has 0 aromatic heterocycles. The van der Waals surface area contributed by atoms with Gasteiger partial charge in [-0.25, -0.2) is 0 Å². The highest BCUT2D eigenvalue weighted by Gasteiger charge is 1.99. The standard InChI is InChI=1S/C17H24O2/c1-3-4-5-6-7-8-9-14-19-17-12-10-16(11-13-17)15(2)18/h4-5,10-13H,3,6-9,14H2,1-2H3/b5-4-. The van der Waals surface area contributed by atoms with E-state index in [-0.39, 0.29) is 5.78 Å². The molecule has 0 radical (unpaired) electrons. The Bertz CT molecular complexity index is 390. The summed E-state index contributed by atoms with van der Waals surface area (Å²) in [7, 11) is 0. The van der Waals surface area contributed by atoms with Crippen molar-refractivity contribution in [3.05, 3.63) is 42.0 Å². The summed E-state index contributed by atoms with van der Waals surface area (Å²) >= 11 is 0. The monoisotopic (exact) mass is 260 g/mol. The minimum absolute atomic E-state index is 0.0895. The molecule has 19 heavy (non-hydrogen) atoms. The van der Waals surface area contributed by atoms with Gasteiger partial charge in [-0.2, -0.15) is 0 Å². The molecule has 0 amide bonds. The van der Waals surface area contributed by atoms with Gasteiger partial charge in [0.2, 0.25) is 0 Å². The van der Waals surface area contributed by atoms with Crippen molar-refractivity contribution in [2.45, 2.75) is 46.0 Å². The number of Topliss-reactive ketones (excluding diaryl/α,β-unsaturated/α-hetero) is 1. The topological polar surface area (TPSA) is 26.3 Å². The van der Waals surface area contributed by atoms with Crippen LogP contribution < -0.4 is 4.74 Å². The third-order valence-corrected chi connectivity index (χ3v) is 2.95. The third-order valence-electron chi connectivity index (χ3n) is 2.95. The Morgan fingerprint density at radius 2 is 1.84 bits per heavy atom. The zero-order valence-electron chi connectivity index (χ0n) is 12.0. The quantitative estimate of drug-likeness (QED) is 0.362. The number of hydrogen-bond donors (Lipinski definition) is 0. The maximum absolute atomic E-state index is 11.1. The fourth-order valence-electron chi connectivity index (χ4n) is 1.80. The molecule has 0 aliphatic rings. The number of unbranched alkanes of at least 4 members (excludes halogenated alkanes) is 3. The molecule has 0 saturated carbocycles. The van der Waals surface area contributed by atoms with Crippen molar-refractivity contribution in [1.29, 1.82) is 0 Å². The molecule has 2 heteroatoms. The summed E-state index contributed by atoms with van der Waals surface area (Å²) in [6, 6.07) is 7.35. The van der Waals surface area contributed by atoms with Crippen LogP contribution in [0.15, 0.2) is 36.4 Å². The van der Waals surface area contributed by atoms with E-state index in [1.54, 1.807) is 6.92 Å². The van der Waals surface area contributed by atoms with Crippen LogP contribution in [0.25, 0.3) is 0 Å². The first-order chi connectivity index (χ1) is 9.24. The normalized spacial score (nSPS) is 10.8. The van der Waals surface area contributed by atoms with Crippen molar-refractivity contribution in [1.82, 2.24) is 0 Å². The van der Waals surface area contributed by atoms with E-state index >= 15 is 0 Å². The van der Waals surface area contributed by atoms with Crippen LogP contribution in [0.2, 0.25) is 0 Å². The Balaban J connectivity index is 2.12. The van der Waals surface area contributed by atoms with Gasteiger partial charge in [0, 0.05) is 5.56 Å². The van der Waals surface area contributed by atoms with Gasteiger partial charge in [-0.1, -0.05) is 19.1 Å². The Labute approximate surface area is 116 Å². The maximum Gasteiger partial charge on any atom is 0.159 e. The summed E-state index contributed by atoms with van der Waals surface area (Å²) in [6.07, 6.45) is 10.3. The molecule has 1 aromatic carbocycles. The van der Waals surface area contributed by atoms with Gasteiger partial charge in [0.1, 0.15) is 5.75 Å². The minimum atomic E-state index is 0.0895. The second-order valence-corrected chi connectivity index (χ2v) is 4.66. The number of rotatable bonds is 9. The van der Waals surface area contributed by atoms with E-state index in [2.05, 4.69) is 19.1 Å². The van der Waals surface area contributed by atoms with E-state index in [4.69, 9.17) is 4.74 Å². The molecule has 0 saturated heterocycles. The van der Waals surface area contributed by atoms with Crippen LogP contribution in [0.5, 0.6) is 5.75 Å². The highest BCUT2D eigenvalue weighted by molar-refractivity contribution is 5.94. The van der Waals surface area contributed by atoms with E-state index in [0.717, 1.165) is 30.8 Å². The summed E-state index contributed by atoms with van der Waals surface area (Å²) in [5.74, 6) is 0.933. The molecule has 0 bridgehead atoms. The Morgan fingerprint density at radius 1 is 1.11 bits per heavy atom. The molecular weight excluding hydrogens is 236 g/mol. The minimum Gasteiger partial charge on any atom is -0.494 e. The highest BCUT2D eigenvalue weighted by Crippen LogP contribution is 2.13. The van der Waals surface area contributed by atoms with Gasteiger partial charge in [-0.15, -0.1) is 0 Å². The number of ether oxygens (including phenoxy) is 1. The average molecular weight is 260 g/mol. The van der Waals surface area contributed by atoms with E-state index in [0.29, 0.717) is 0 Å². The summed E-state index contributed by atoms with van der Waals surface area (Å²) in [6.45, 7) is 4.47. The molecule has 0 N–H and O–H groups in total. The van der Waals surface area contributed by atoms with Crippen LogP contribution in [0, 0.1) is 0 Å². The van der Waals surface area contributed by atoms with Gasteiger partial charge in [0.15, 0.2) is 5.78 Å². The Hall–Kier alpha value is -1.57. The molecule has 0 spiro atoms. The molecule has 1 aromatic rings. The van der Waals surface area contributed by atoms with Gasteiger partial charge in [0.05, 0.1) is 6.61 Å². The summed E-state index contributed by atoms with van der Waals surface area (Å²) in [5, 5.41) is 0. The Morgan fingerprint density at radius 3 is 2.47 bits per heavy atom. The second kappa shape index (κ2) is 9.37. The average Bonchev–Trinajstić information content (AvgIpc) is 2.42. The lowest BCUT2D eigenvalue weighted by Crippen LogP contribution is -1.98. The molecule has 1 rings (SSSR count). The zero-order valence-corrected chi connectivity index (χ0v) is 12.0. The summed E-state index contributed by atoms with van der Waals surface area (Å²) in [4.78, 5) is 11.1. The van der Waals surface area contributed by atoms with Gasteiger partial charge < -0.3 is 4.74 Å². The molecule has 0 atom stereocenters. The first kappa shape index (κ1) is 15.5. The van der Waals surface area contributed by atoms with Gasteiger partial charge >= 0.3 is 0 Å². The highest BCUT2D eigenvalue weighted by atomic mass is 16.5. The van der Waals surface area contributed by atoms with E-state index in [1.807, 2.05) is 24.3 Å². The number of hydrogen-bond acceptors (Lipinski definition) is 2. The maximum atomic E-state index is 11.1. The number of carbonyl (C=O) groups excluding carboxylic acids is 1. The first-order valence-corrected chi connectivity index (χ1v) is 7.13. The molecule has 0 heterocycles. The van der Waals surface area contributed by atoms with Crippen molar-refractivity contribution in [3.63, 3.8) is 0 Å². The lowest BCUT2D eigenvalue weighted by molar-refractivity contribution is 0.101. The van der Waals surface area contributed by atoms with E-state index < -0.39 is 0 Å². The summed E-state index contributed by atoms with van der Waals surface area (Å²) < 4.78 is 5.64. The Kier molecular flexibility index (Phi) is 7.64. The van der Waals surface area contributed by atoms with Crippen molar-refractivity contribution < 1.29 is 9.53 Å². The van der Waals surface area contributed by atoms with Crippen LogP contribution in [0.3, 0.4) is 0 Å². The lowest BCUT2D eigenvalue weighted by Gasteiger charge is -2.06. The number of carbonyl (C=O) groups is 1. The van der Waals surface area contributed by atoms with Gasteiger partial charge in [-0.05, 0) is 63.3 Å². The number of benzene rings is 1. The van der Waals surface area contributed by atoms with Crippen molar-refractivity contribution in [2.24, 2.45) is 0 Å². The number of allylic oxidation sites excluding steroid dienone is 2. The van der Waals surface area contributed by atoms with Crippen molar-refractivity contribution in [2.75, 3.05) is 6.61 Å². The largest absolute Gasteiger partial charge is 0.494 e. The van der Waals surface area contributed by atoms with Crippen LogP contribution in [0.1, 0.15) is 56.3 Å². The van der Waals surface area contributed by atoms with E-state index in [1.165, 1.54) is 19.3 Å². The molecule has 0 fully saturated rings. The molecule has 0 aliphatic carbocycles. The zero-order chi connectivity index (χ0) is 13.9. The van der Waals surface area contributed by atoms with Crippen LogP contribution in [0.4, 0.5) is 0 Å². The SMILES string of the molecule is CC/C=C\CCCCCOc1ccc(C(C)=O)cc1. The predicted octanol–water partition coefficient (Wildman–Crippen LogP) is 4.79. The second-order valence-electron chi connectivity index (χ2n) is 4.66. The van der Waals surface area contributed by atoms with Gasteiger partial charge in [-0.3, -0.25) is 4.79 Å². The molecule has 0 aliphatic heterocycles. The molecule has 0 unspecified atom stereocenters. The van der Waals surface area contributed by atoms with Crippen LogP contribution >= 0.6 is 0 Å². The number of ketones is 1. The smallest absolute Gasteiger partial charge is 0.159 e. The van der Waals surface area contributed by atoms with Crippen LogP contribution in [-0.2, 0) is 0 Å². The fourth-order valence-corrected chi connectivity index (χ4v) is 1.80.